The number of nitrogens with zero attached hydrogens (tertiary/aromatic N) is 2. The lowest BCUT2D eigenvalue weighted by molar-refractivity contribution is 0.270. The van der Waals surface area contributed by atoms with Gasteiger partial charge in [0.05, 0.1) is 23.8 Å². The van der Waals surface area contributed by atoms with E-state index >= 15 is 0 Å². The molecule has 2 aromatic heterocycles. The molecule has 0 radical (unpaired) electrons. The van der Waals surface area contributed by atoms with Crippen LogP contribution in [0.3, 0.4) is 0 Å². The van der Waals surface area contributed by atoms with E-state index in [0.717, 1.165) is 5.56 Å². The highest BCUT2D eigenvalue weighted by Crippen LogP contribution is 2.38. The number of pyridine rings is 1. The summed E-state index contributed by atoms with van der Waals surface area (Å²) in [7, 11) is -3.51. The van der Waals surface area contributed by atoms with E-state index < -0.39 is 30.0 Å². The smallest absolute Gasteiger partial charge is 0.218 e. The van der Waals surface area contributed by atoms with Gasteiger partial charge in [-0.15, -0.1) is 0 Å². The summed E-state index contributed by atoms with van der Waals surface area (Å²) in [4.78, 5) is 3.83. The SMILES string of the molecule is Cc1coc(C=N[S@@](=O)C(C)(C)C)c1-c1ccnc(F)c1CO[Si](C)(C)C(C)(C)C. The topological polar surface area (TPSA) is 64.7 Å². The van der Waals surface area contributed by atoms with Crippen molar-refractivity contribution in [2.75, 3.05) is 0 Å². The zero-order chi connectivity index (χ0) is 22.9. The average Bonchev–Trinajstić information content (AvgIpc) is 2.97. The van der Waals surface area contributed by atoms with Crippen molar-refractivity contribution in [2.24, 2.45) is 4.40 Å². The first-order chi connectivity index (χ1) is 13.6. The molecule has 0 fully saturated rings. The minimum atomic E-state index is -2.08. The summed E-state index contributed by atoms with van der Waals surface area (Å²) >= 11 is 0. The highest BCUT2D eigenvalue weighted by molar-refractivity contribution is 7.85. The Morgan fingerprint density at radius 1 is 1.27 bits per heavy atom. The van der Waals surface area contributed by atoms with Gasteiger partial charge < -0.3 is 8.84 Å². The summed E-state index contributed by atoms with van der Waals surface area (Å²) in [5, 5.41) is 0.00619. The molecule has 1 atom stereocenters. The second kappa shape index (κ2) is 8.84. The molecule has 0 amide bonds. The largest absolute Gasteiger partial charge is 0.462 e. The Kier molecular flexibility index (Phi) is 7.26. The number of hydrogen-bond donors (Lipinski definition) is 0. The molecule has 0 aliphatic carbocycles. The molecule has 0 aliphatic heterocycles. The summed E-state index contributed by atoms with van der Waals surface area (Å²) < 4.78 is 42.7. The summed E-state index contributed by atoms with van der Waals surface area (Å²) in [6.07, 6.45) is 4.48. The van der Waals surface area contributed by atoms with Gasteiger partial charge in [-0.2, -0.15) is 8.79 Å². The Bertz CT molecular complexity index is 956. The van der Waals surface area contributed by atoms with Crippen LogP contribution in [0.25, 0.3) is 11.1 Å². The molecule has 5 nitrogen and oxygen atoms in total. The fraction of sp³-hybridized carbons (Fsp3) is 0.545. The molecule has 0 saturated carbocycles. The first kappa shape index (κ1) is 24.6. The molecule has 0 unspecified atom stereocenters. The van der Waals surface area contributed by atoms with Crippen molar-refractivity contribution in [3.05, 3.63) is 41.4 Å². The van der Waals surface area contributed by atoms with Gasteiger partial charge in [0.1, 0.15) is 11.0 Å². The van der Waals surface area contributed by atoms with Gasteiger partial charge in [-0.1, -0.05) is 20.8 Å². The van der Waals surface area contributed by atoms with E-state index in [1.165, 1.54) is 12.4 Å². The molecule has 0 bridgehead atoms. The molecule has 8 heteroatoms. The van der Waals surface area contributed by atoms with Crippen molar-refractivity contribution in [1.29, 1.82) is 0 Å². The van der Waals surface area contributed by atoms with Crippen LogP contribution >= 0.6 is 0 Å². The van der Waals surface area contributed by atoms with E-state index in [4.69, 9.17) is 8.84 Å². The average molecular weight is 453 g/mol. The standard InChI is InChI=1S/C22H33FN2O3SSi/c1-15-13-27-18(12-25-29(26)21(2,3)4)19(15)16-10-11-24-20(23)17(16)14-28-30(8,9)22(5,6)7/h10-13H,14H2,1-9H3/t29-/m0/s1. The van der Waals surface area contributed by atoms with E-state index in [0.29, 0.717) is 22.5 Å². The van der Waals surface area contributed by atoms with Gasteiger partial charge in [-0.25, -0.2) is 9.19 Å². The summed E-state index contributed by atoms with van der Waals surface area (Å²) in [5.74, 6) is -0.128. The fourth-order valence-corrected chi connectivity index (χ4v) is 3.91. The lowest BCUT2D eigenvalue weighted by Gasteiger charge is -2.36. The molecule has 0 aliphatic rings. The Labute approximate surface area is 182 Å². The van der Waals surface area contributed by atoms with Gasteiger partial charge in [0.2, 0.25) is 5.95 Å². The maximum Gasteiger partial charge on any atom is 0.218 e. The molecule has 30 heavy (non-hydrogen) atoms. The van der Waals surface area contributed by atoms with E-state index in [9.17, 15) is 8.60 Å². The van der Waals surface area contributed by atoms with E-state index in [1.54, 1.807) is 12.3 Å². The molecule has 0 spiro atoms. The second-order valence-electron chi connectivity index (χ2n) is 9.93. The van der Waals surface area contributed by atoms with Gasteiger partial charge in [0, 0.05) is 17.3 Å². The van der Waals surface area contributed by atoms with Crippen molar-refractivity contribution in [3.63, 3.8) is 0 Å². The second-order valence-corrected chi connectivity index (χ2v) is 16.7. The monoisotopic (exact) mass is 452 g/mol. The summed E-state index contributed by atoms with van der Waals surface area (Å²) in [6.45, 7) is 18.2. The number of aryl methyl sites for hydroxylation is 1. The molecule has 166 valence electrons. The van der Waals surface area contributed by atoms with Crippen LogP contribution in [0.4, 0.5) is 4.39 Å². The highest BCUT2D eigenvalue weighted by atomic mass is 32.2. The quantitative estimate of drug-likeness (QED) is 0.298. The molecular weight excluding hydrogens is 419 g/mol. The summed E-state index contributed by atoms with van der Waals surface area (Å²) in [5.41, 5.74) is 2.57. The predicted molar refractivity (Wildman–Crippen MR) is 124 cm³/mol. The fourth-order valence-electron chi connectivity index (χ4n) is 2.47. The van der Waals surface area contributed by atoms with Crippen molar-refractivity contribution in [3.8, 4) is 11.1 Å². The lowest BCUT2D eigenvalue weighted by atomic mass is 9.99. The Morgan fingerprint density at radius 2 is 1.90 bits per heavy atom. The number of furan rings is 1. The first-order valence-electron chi connectivity index (χ1n) is 9.97. The van der Waals surface area contributed by atoms with Crippen LogP contribution in [-0.4, -0.2) is 28.5 Å². The van der Waals surface area contributed by atoms with Gasteiger partial charge >= 0.3 is 0 Å². The third kappa shape index (κ3) is 5.53. The maximum absolute atomic E-state index is 14.8. The van der Waals surface area contributed by atoms with Crippen LogP contribution in [0.5, 0.6) is 0 Å². The van der Waals surface area contributed by atoms with Crippen LogP contribution in [-0.2, 0) is 22.0 Å². The Balaban J connectivity index is 2.47. The number of aromatic nitrogens is 1. The van der Waals surface area contributed by atoms with E-state index in [-0.39, 0.29) is 11.6 Å². The van der Waals surface area contributed by atoms with Gasteiger partial charge in [0.25, 0.3) is 0 Å². The molecular formula is C22H33FN2O3SSi. The number of halogens is 1. The zero-order valence-electron chi connectivity index (χ0n) is 19.4. The zero-order valence-corrected chi connectivity index (χ0v) is 21.2. The Hall–Kier alpha value is -1.64. The third-order valence-electron chi connectivity index (χ3n) is 5.45. The molecule has 2 rings (SSSR count). The number of rotatable bonds is 6. The van der Waals surface area contributed by atoms with Crippen LogP contribution in [0.2, 0.25) is 18.1 Å². The van der Waals surface area contributed by atoms with Crippen molar-refractivity contribution >= 4 is 25.5 Å². The van der Waals surface area contributed by atoms with Gasteiger partial charge in [-0.05, 0) is 63.0 Å². The van der Waals surface area contributed by atoms with Gasteiger partial charge in [0.15, 0.2) is 14.1 Å². The third-order valence-corrected chi connectivity index (χ3v) is 11.3. The minimum Gasteiger partial charge on any atom is -0.462 e. The molecule has 0 aromatic carbocycles. The van der Waals surface area contributed by atoms with E-state index in [2.05, 4.69) is 43.2 Å². The molecule has 2 heterocycles. The van der Waals surface area contributed by atoms with Crippen LogP contribution in [0.15, 0.2) is 27.3 Å². The van der Waals surface area contributed by atoms with Crippen molar-refractivity contribution < 1.29 is 17.4 Å². The predicted octanol–water partition coefficient (Wildman–Crippen LogP) is 6.19. The van der Waals surface area contributed by atoms with Crippen LogP contribution in [0.1, 0.15) is 58.4 Å². The van der Waals surface area contributed by atoms with Gasteiger partial charge in [-0.3, -0.25) is 0 Å². The van der Waals surface area contributed by atoms with Crippen LogP contribution in [0, 0.1) is 12.9 Å². The molecule has 0 saturated heterocycles. The van der Waals surface area contributed by atoms with Crippen LogP contribution < -0.4 is 0 Å². The van der Waals surface area contributed by atoms with Crippen molar-refractivity contribution in [1.82, 2.24) is 4.98 Å². The first-order valence-corrected chi connectivity index (χ1v) is 14.0. The van der Waals surface area contributed by atoms with Crippen molar-refractivity contribution in [2.45, 2.75) is 78.0 Å². The lowest BCUT2D eigenvalue weighted by Crippen LogP contribution is -2.40. The van der Waals surface area contributed by atoms with E-state index in [1.807, 2.05) is 27.7 Å². The number of hydrogen-bond acceptors (Lipinski definition) is 4. The minimum absolute atomic E-state index is 0.00619. The Morgan fingerprint density at radius 3 is 2.47 bits per heavy atom. The summed E-state index contributed by atoms with van der Waals surface area (Å²) in [6, 6.07) is 1.75. The maximum atomic E-state index is 14.8. The molecule has 2 aromatic rings. The normalized spacial score (nSPS) is 14.5. The highest BCUT2D eigenvalue weighted by Gasteiger charge is 2.37. The molecule has 0 N–H and O–H groups in total.